The van der Waals surface area contributed by atoms with Gasteiger partial charge in [-0.25, -0.2) is 0 Å². The van der Waals surface area contributed by atoms with E-state index in [0.717, 1.165) is 11.5 Å². The second-order valence-corrected chi connectivity index (χ2v) is 10.8. The molecule has 0 saturated heterocycles. The maximum Gasteiger partial charge on any atom is 0.124 e. The van der Waals surface area contributed by atoms with Crippen LogP contribution in [0.3, 0.4) is 0 Å². The number of hydrogen-bond acceptors (Lipinski definition) is 2. The van der Waals surface area contributed by atoms with Gasteiger partial charge in [0.2, 0.25) is 0 Å². The molecule has 0 N–H and O–H groups in total. The summed E-state index contributed by atoms with van der Waals surface area (Å²) in [6.45, 7) is 15.5. The van der Waals surface area contributed by atoms with Crippen LogP contribution in [0.2, 0.25) is 0 Å². The second kappa shape index (κ2) is 7.38. The van der Waals surface area contributed by atoms with Gasteiger partial charge in [-0.15, -0.1) is 0 Å². The first-order valence-electron chi connectivity index (χ1n) is 8.70. The van der Waals surface area contributed by atoms with Gasteiger partial charge in [-0.1, -0.05) is 20.8 Å². The van der Waals surface area contributed by atoms with E-state index in [4.69, 9.17) is 9.47 Å². The zero-order chi connectivity index (χ0) is 18.9. The fourth-order valence-electron chi connectivity index (χ4n) is 3.68. The molecular formula is C22H31O2P. The number of rotatable bonds is 4. The van der Waals surface area contributed by atoms with Crippen LogP contribution < -0.4 is 20.1 Å². The Balaban J connectivity index is 2.67. The summed E-state index contributed by atoms with van der Waals surface area (Å²) >= 11 is 0. The van der Waals surface area contributed by atoms with Crippen molar-refractivity contribution < 1.29 is 9.47 Å². The van der Waals surface area contributed by atoms with E-state index in [-0.39, 0.29) is 5.16 Å². The van der Waals surface area contributed by atoms with Gasteiger partial charge in [-0.05, 0) is 97.9 Å². The molecule has 0 fully saturated rings. The fraction of sp³-hybridized carbons (Fsp3) is 0.455. The molecule has 0 saturated carbocycles. The first kappa shape index (κ1) is 19.8. The molecule has 0 spiro atoms. The molecule has 3 heteroatoms. The molecule has 2 nitrogen and oxygen atoms in total. The quantitative estimate of drug-likeness (QED) is 0.702. The molecule has 0 unspecified atom stereocenters. The molecule has 0 amide bonds. The van der Waals surface area contributed by atoms with Crippen molar-refractivity contribution in [1.82, 2.24) is 0 Å². The van der Waals surface area contributed by atoms with Crippen molar-refractivity contribution in [3.63, 3.8) is 0 Å². The zero-order valence-electron chi connectivity index (χ0n) is 17.1. The van der Waals surface area contributed by atoms with Crippen molar-refractivity contribution in [2.24, 2.45) is 0 Å². The summed E-state index contributed by atoms with van der Waals surface area (Å²) in [5.74, 6) is 1.99. The topological polar surface area (TPSA) is 18.5 Å². The van der Waals surface area contributed by atoms with E-state index in [1.165, 1.54) is 32.9 Å². The van der Waals surface area contributed by atoms with Crippen LogP contribution in [0.4, 0.5) is 0 Å². The molecule has 0 bridgehead atoms. The number of methoxy groups -OCH3 is 2. The van der Waals surface area contributed by atoms with Crippen LogP contribution in [-0.4, -0.2) is 19.4 Å². The number of ether oxygens (including phenoxy) is 2. The maximum absolute atomic E-state index is 5.56. The number of hydrogen-bond donors (Lipinski definition) is 0. The van der Waals surface area contributed by atoms with E-state index >= 15 is 0 Å². The number of benzene rings is 2. The molecule has 2 aromatic rings. The molecule has 0 aliphatic heterocycles. The molecule has 2 rings (SSSR count). The zero-order valence-corrected chi connectivity index (χ0v) is 18.0. The van der Waals surface area contributed by atoms with Crippen LogP contribution in [0.15, 0.2) is 24.3 Å². The lowest BCUT2D eigenvalue weighted by molar-refractivity contribution is 0.408. The van der Waals surface area contributed by atoms with Gasteiger partial charge in [0.25, 0.3) is 0 Å². The normalized spacial score (nSPS) is 11.8. The van der Waals surface area contributed by atoms with Crippen LogP contribution >= 0.6 is 7.92 Å². The Morgan fingerprint density at radius 2 is 0.920 bits per heavy atom. The van der Waals surface area contributed by atoms with E-state index in [2.05, 4.69) is 72.7 Å². The molecule has 0 aromatic heterocycles. The van der Waals surface area contributed by atoms with E-state index in [1.807, 2.05) is 0 Å². The van der Waals surface area contributed by atoms with Crippen molar-refractivity contribution in [2.75, 3.05) is 14.2 Å². The first-order chi connectivity index (χ1) is 11.6. The van der Waals surface area contributed by atoms with Crippen molar-refractivity contribution >= 4 is 18.5 Å². The molecule has 0 aliphatic carbocycles. The molecule has 0 atom stereocenters. The van der Waals surface area contributed by atoms with Gasteiger partial charge in [0, 0.05) is 0 Å². The molecule has 0 radical (unpaired) electrons. The summed E-state index contributed by atoms with van der Waals surface area (Å²) in [4.78, 5) is 0. The Morgan fingerprint density at radius 1 is 0.640 bits per heavy atom. The highest BCUT2D eigenvalue weighted by atomic mass is 31.1. The van der Waals surface area contributed by atoms with E-state index in [9.17, 15) is 0 Å². The smallest absolute Gasteiger partial charge is 0.124 e. The van der Waals surface area contributed by atoms with E-state index < -0.39 is 7.92 Å². The summed E-state index contributed by atoms with van der Waals surface area (Å²) < 4.78 is 11.1. The summed E-state index contributed by atoms with van der Waals surface area (Å²) in [7, 11) is 2.99. The fourth-order valence-corrected chi connectivity index (χ4v) is 6.82. The lowest BCUT2D eigenvalue weighted by atomic mass is 10.1. The number of aryl methyl sites for hydroxylation is 4. The predicted octanol–water partition coefficient (Wildman–Crippen LogP) is 5.17. The third-order valence-electron chi connectivity index (χ3n) is 4.49. The summed E-state index contributed by atoms with van der Waals surface area (Å²) in [5.41, 5.74) is 4.82. The Hall–Kier alpha value is -1.53. The highest BCUT2D eigenvalue weighted by Crippen LogP contribution is 2.49. The van der Waals surface area contributed by atoms with Gasteiger partial charge in [0.15, 0.2) is 0 Å². The lowest BCUT2D eigenvalue weighted by Gasteiger charge is -2.33. The van der Waals surface area contributed by atoms with Crippen molar-refractivity contribution in [2.45, 2.75) is 53.6 Å². The third-order valence-corrected chi connectivity index (χ3v) is 7.38. The molecule has 0 heterocycles. The van der Waals surface area contributed by atoms with Crippen molar-refractivity contribution in [3.8, 4) is 11.5 Å². The molecular weight excluding hydrogens is 327 g/mol. The Morgan fingerprint density at radius 3 is 1.12 bits per heavy atom. The van der Waals surface area contributed by atoms with Crippen LogP contribution in [0.1, 0.15) is 43.0 Å². The Labute approximate surface area is 154 Å². The minimum absolute atomic E-state index is 0.163. The average Bonchev–Trinajstić information content (AvgIpc) is 2.45. The minimum atomic E-state index is -0.503. The van der Waals surface area contributed by atoms with Gasteiger partial charge in [-0.2, -0.15) is 0 Å². The monoisotopic (exact) mass is 358 g/mol. The Bertz CT molecular complexity index is 667. The van der Waals surface area contributed by atoms with Crippen molar-refractivity contribution in [1.29, 1.82) is 0 Å². The largest absolute Gasteiger partial charge is 0.496 e. The van der Waals surface area contributed by atoms with Crippen LogP contribution in [0.5, 0.6) is 11.5 Å². The van der Waals surface area contributed by atoms with Crippen LogP contribution in [0.25, 0.3) is 0 Å². The SMILES string of the molecule is COc1c(C)cc(P(c2cc(C)c(OC)c(C)c2)C(C)(C)C)cc1C. The highest BCUT2D eigenvalue weighted by Gasteiger charge is 2.29. The van der Waals surface area contributed by atoms with Gasteiger partial charge in [0.1, 0.15) is 11.5 Å². The maximum atomic E-state index is 5.56. The standard InChI is InChI=1S/C22H31O2P/c1-14-10-18(11-15(2)20(14)23-8)25(22(5,6)7)19-12-16(3)21(24-9)17(4)13-19/h10-13H,1-9H3. The molecule has 2 aromatic carbocycles. The van der Waals surface area contributed by atoms with Gasteiger partial charge in [-0.3, -0.25) is 0 Å². The Kier molecular flexibility index (Phi) is 5.84. The van der Waals surface area contributed by atoms with Crippen LogP contribution in [0, 0.1) is 27.7 Å². The summed E-state index contributed by atoms with van der Waals surface area (Å²) in [6.07, 6.45) is 0. The molecule has 136 valence electrons. The van der Waals surface area contributed by atoms with Gasteiger partial charge in [0.05, 0.1) is 14.2 Å². The summed E-state index contributed by atoms with van der Waals surface area (Å²) in [5, 5.41) is 2.97. The van der Waals surface area contributed by atoms with E-state index in [0.29, 0.717) is 0 Å². The third kappa shape index (κ3) is 4.01. The average molecular weight is 358 g/mol. The highest BCUT2D eigenvalue weighted by molar-refractivity contribution is 7.74. The van der Waals surface area contributed by atoms with Gasteiger partial charge >= 0.3 is 0 Å². The van der Waals surface area contributed by atoms with Gasteiger partial charge < -0.3 is 9.47 Å². The van der Waals surface area contributed by atoms with Crippen LogP contribution in [-0.2, 0) is 0 Å². The molecule has 25 heavy (non-hydrogen) atoms. The van der Waals surface area contributed by atoms with Crippen molar-refractivity contribution in [3.05, 3.63) is 46.5 Å². The minimum Gasteiger partial charge on any atom is -0.496 e. The molecule has 0 aliphatic rings. The first-order valence-corrected chi connectivity index (χ1v) is 10.0. The second-order valence-electron chi connectivity index (χ2n) is 7.73. The predicted molar refractivity (Wildman–Crippen MR) is 111 cm³/mol. The lowest BCUT2D eigenvalue weighted by Crippen LogP contribution is -2.27. The van der Waals surface area contributed by atoms with E-state index in [1.54, 1.807) is 14.2 Å². The summed E-state index contributed by atoms with van der Waals surface area (Å²) in [6, 6.07) is 9.21.